The molecule has 0 aliphatic carbocycles. The number of hydrogen-bond donors (Lipinski definition) is 0. The molecule has 8 aromatic rings. The van der Waals surface area contributed by atoms with E-state index in [1.54, 1.807) is 25.1 Å². The summed E-state index contributed by atoms with van der Waals surface area (Å²) in [7, 11) is 0. The van der Waals surface area contributed by atoms with Crippen molar-refractivity contribution in [3.05, 3.63) is 258 Å². The molecule has 0 fully saturated rings. The van der Waals surface area contributed by atoms with Gasteiger partial charge in [0.2, 0.25) is 58.1 Å². The Hall–Kier alpha value is -15.0. The highest BCUT2D eigenvalue weighted by atomic mass is 16.7. The molecule has 0 aromatic heterocycles. The fourth-order valence-electron chi connectivity index (χ4n) is 7.82. The van der Waals surface area contributed by atoms with Crippen LogP contribution in [0.3, 0.4) is 0 Å². The molecule has 0 atom stereocenters. The van der Waals surface area contributed by atoms with Gasteiger partial charge in [0.25, 0.3) is 0 Å². The number of rotatable bonds is 34. The first-order valence-corrected chi connectivity index (χ1v) is 32.6. The van der Waals surface area contributed by atoms with E-state index in [1.807, 2.05) is 0 Å². The molecule has 0 amide bonds. The van der Waals surface area contributed by atoms with Crippen LogP contribution in [0.4, 0.5) is 0 Å². The predicted molar refractivity (Wildman–Crippen MR) is 387 cm³/mol. The van der Waals surface area contributed by atoms with E-state index < -0.39 is 103 Å². The van der Waals surface area contributed by atoms with E-state index in [9.17, 15) is 67.1 Å². The third kappa shape index (κ3) is 29.7. The van der Waals surface area contributed by atoms with Crippen molar-refractivity contribution in [3.8, 4) is 63.2 Å². The highest BCUT2D eigenvalue weighted by Gasteiger charge is 2.19. The maximum absolute atomic E-state index is 12.6. The lowest BCUT2D eigenvalue weighted by Crippen LogP contribution is -2.17. The van der Waals surface area contributed by atoms with Gasteiger partial charge in [-0.1, -0.05) is 19.7 Å². The number of ether oxygens (including phenoxy) is 17. The molecule has 0 radical (unpaired) electrons. The van der Waals surface area contributed by atoms with Gasteiger partial charge in [-0.15, -0.1) is 0 Å². The Balaban J connectivity index is 0.000000265. The Kier molecular flexibility index (Phi) is 33.4. The summed E-state index contributed by atoms with van der Waals surface area (Å²) in [6.45, 7) is 17.7. The van der Waals surface area contributed by atoms with Crippen LogP contribution in [0.25, 0.3) is 0 Å². The lowest BCUT2D eigenvalue weighted by atomic mass is 10.2. The van der Waals surface area contributed by atoms with E-state index in [1.165, 1.54) is 191 Å². The van der Waals surface area contributed by atoms with Gasteiger partial charge in [-0.2, -0.15) is 0 Å². The minimum Gasteiger partial charge on any atom is -0.457 e. The number of aryl methyl sites for hydroxylation is 1. The monoisotopic (exact) mass is 1540 g/mol. The van der Waals surface area contributed by atoms with Crippen LogP contribution >= 0.6 is 0 Å². The molecule has 31 nitrogen and oxygen atoms in total. The van der Waals surface area contributed by atoms with Crippen molar-refractivity contribution in [1.29, 1.82) is 0 Å². The van der Waals surface area contributed by atoms with Gasteiger partial charge in [0.15, 0.2) is 0 Å². The van der Waals surface area contributed by atoms with Crippen molar-refractivity contribution in [2.75, 3.05) is 40.8 Å². The van der Waals surface area contributed by atoms with Gasteiger partial charge in [-0.05, 0) is 221 Å². The Morgan fingerprint density at radius 3 is 0.616 bits per heavy atom. The number of esters is 11. The van der Waals surface area contributed by atoms with Crippen LogP contribution in [-0.2, 0) is 71.6 Å². The largest absolute Gasteiger partial charge is 0.457 e. The van der Waals surface area contributed by atoms with Crippen LogP contribution in [0.1, 0.15) is 98.9 Å². The normalized spacial score (nSPS) is 10.0. The van der Waals surface area contributed by atoms with Crippen LogP contribution in [-0.4, -0.2) is 124 Å². The van der Waals surface area contributed by atoms with Crippen molar-refractivity contribution in [2.45, 2.75) is 48.5 Å². The molecule has 8 rings (SSSR count). The Bertz CT molecular complexity index is 4640. The smallest absolute Gasteiger partial charge is 0.377 e. The summed E-state index contributed by atoms with van der Waals surface area (Å²) in [5.74, 6) is -6.68. The molecule has 0 heterocycles. The summed E-state index contributed by atoms with van der Waals surface area (Å²) >= 11 is 0. The van der Waals surface area contributed by atoms with E-state index in [2.05, 4.69) is 33.9 Å². The first-order chi connectivity index (χ1) is 53.4. The summed E-state index contributed by atoms with van der Waals surface area (Å²) < 4.78 is 86.5. The number of hydrogen-bond acceptors (Lipinski definition) is 31. The molecule has 8 aromatic carbocycles. The van der Waals surface area contributed by atoms with Crippen molar-refractivity contribution in [1.82, 2.24) is 0 Å². The molecule has 0 unspecified atom stereocenters. The highest BCUT2D eigenvalue weighted by molar-refractivity contribution is 6.33. The molecule has 112 heavy (non-hydrogen) atoms. The van der Waals surface area contributed by atoms with Crippen molar-refractivity contribution in [2.24, 2.45) is 0 Å². The predicted octanol–water partition coefficient (Wildman–Crippen LogP) is 11.2. The van der Waals surface area contributed by atoms with E-state index in [0.29, 0.717) is 40.1 Å². The third-order valence-electron chi connectivity index (χ3n) is 13.7. The van der Waals surface area contributed by atoms with Crippen molar-refractivity contribution in [3.63, 3.8) is 0 Å². The maximum Gasteiger partial charge on any atom is 0.377 e. The summed E-state index contributed by atoms with van der Waals surface area (Å²) in [4.78, 5) is 162. The second kappa shape index (κ2) is 43.5. The number of Topliss-reactive ketones (excluding diaryl/α,β-unsaturated/α-hetero) is 3. The standard InChI is InChI=1S/C30H26O11.C29H24O11.C22H20O9/c1-18(2)27(32)38-16-36-23-11-7-22(8-12-23)30(35)41-26-14-13-25(15-19(26)3)40-29(34)21-5-9-24(10-6-21)37-17-39-28(33)20(4)31;1-18(2)26(31)37-16-35-22-8-4-20(5-9-22)28(33)39-24-12-14-25(15-13-24)40-29(34)21-6-10-23(11-7-21)36-17-38-27(32)19(3)30;1-14(2)20(24)29-12-27-18-8-10-19(11-9-18)31-22(26)16-4-6-17(7-5-16)28-13-30-21(25)15(3)23/h5-15H,1,16-17H2,2-4H3;4-15H,1,16-17H2,2-3H3;4-11H,1,12-13H2,2-3H3. The molecular weight excluding hydrogens is 1470 g/mol. The first kappa shape index (κ1) is 85.9. The van der Waals surface area contributed by atoms with E-state index in [4.69, 9.17) is 66.3 Å². The lowest BCUT2D eigenvalue weighted by Gasteiger charge is -2.11. The molecule has 0 spiro atoms. The number of benzene rings is 8. The second-order valence-electron chi connectivity index (χ2n) is 22.6. The third-order valence-corrected chi connectivity index (χ3v) is 13.7. The van der Waals surface area contributed by atoms with Gasteiger partial charge < -0.3 is 80.5 Å². The molecule has 31 heteroatoms. The van der Waals surface area contributed by atoms with Crippen LogP contribution in [0.15, 0.2) is 225 Å². The molecule has 580 valence electrons. The molecule has 0 saturated heterocycles. The van der Waals surface area contributed by atoms with Gasteiger partial charge in [-0.3, -0.25) is 14.4 Å². The fourth-order valence-corrected chi connectivity index (χ4v) is 7.82. The molecule has 0 saturated carbocycles. The minimum absolute atomic E-state index is 0.218. The van der Waals surface area contributed by atoms with Gasteiger partial charge in [0.1, 0.15) is 63.2 Å². The number of carbonyl (C=O) groups is 14. The molecule has 0 N–H and O–H groups in total. The van der Waals surface area contributed by atoms with Crippen LogP contribution in [0.5, 0.6) is 63.2 Å². The average molecular weight is 1540 g/mol. The quantitative estimate of drug-likeness (QED) is 0.00902. The number of ketones is 3. The number of carbonyl (C=O) groups excluding carboxylic acids is 14. The topological polar surface area (TPSA) is 396 Å². The average Bonchev–Trinajstić information content (AvgIpc) is 0.840. The second-order valence-corrected chi connectivity index (χ2v) is 22.6. The fraction of sp³-hybridized carbons (Fsp3) is 0.160. The van der Waals surface area contributed by atoms with Gasteiger partial charge in [0.05, 0.1) is 27.8 Å². The zero-order valence-electron chi connectivity index (χ0n) is 60.9. The van der Waals surface area contributed by atoms with Crippen LogP contribution in [0, 0.1) is 6.92 Å². The van der Waals surface area contributed by atoms with Gasteiger partial charge in [-0.25, -0.2) is 52.7 Å². The van der Waals surface area contributed by atoms with Gasteiger partial charge in [0, 0.05) is 37.5 Å². The summed E-state index contributed by atoms with van der Waals surface area (Å²) in [5.41, 5.74) is 2.55. The Morgan fingerprint density at radius 1 is 0.232 bits per heavy atom. The summed E-state index contributed by atoms with van der Waals surface area (Å²) in [5, 5.41) is 0. The zero-order chi connectivity index (χ0) is 81.8. The van der Waals surface area contributed by atoms with Crippen molar-refractivity contribution >= 4 is 83.0 Å². The Morgan fingerprint density at radius 2 is 0.411 bits per heavy atom. The van der Waals surface area contributed by atoms with E-state index in [0.717, 1.165) is 20.8 Å². The van der Waals surface area contributed by atoms with Crippen LogP contribution < -0.4 is 52.1 Å². The molecule has 0 aliphatic rings. The molecule has 0 bridgehead atoms. The van der Waals surface area contributed by atoms with E-state index in [-0.39, 0.29) is 93.7 Å². The lowest BCUT2D eigenvalue weighted by molar-refractivity contribution is -0.158. The highest BCUT2D eigenvalue weighted by Crippen LogP contribution is 2.28. The summed E-state index contributed by atoms with van der Waals surface area (Å²) in [6, 6.07) is 46.2. The summed E-state index contributed by atoms with van der Waals surface area (Å²) in [6.07, 6.45) is 0. The minimum atomic E-state index is -1.01. The molecular formula is C81H70O31. The van der Waals surface area contributed by atoms with Crippen molar-refractivity contribution < 1.29 is 148 Å². The van der Waals surface area contributed by atoms with Crippen LogP contribution in [0.2, 0.25) is 0 Å². The first-order valence-electron chi connectivity index (χ1n) is 32.6. The maximum atomic E-state index is 12.6. The Labute approximate surface area is 638 Å². The SMILES string of the molecule is C=C(C)C(=O)OCOc1ccc(C(=O)Oc2ccc(OC(=O)c3ccc(OCOC(=O)C(C)=O)cc3)cc2)cc1.C=C(C)C(=O)OCOc1ccc(C(=O)Oc2ccc(OC(=O)c3ccc(OCOC(=O)C(C)=O)cc3)cc2C)cc1.C=C(C)C(=O)OCOc1ccc(OC(=O)c2ccc(OCOC(=O)C(C)=O)cc2)cc1. The molecule has 0 aliphatic heterocycles. The van der Waals surface area contributed by atoms with E-state index >= 15 is 0 Å². The van der Waals surface area contributed by atoms with Gasteiger partial charge >= 0.3 is 65.7 Å². The zero-order valence-corrected chi connectivity index (χ0v) is 60.9.